The number of benzene rings is 1. The molecule has 0 radical (unpaired) electrons. The lowest BCUT2D eigenvalue weighted by Crippen LogP contribution is -2.49. The second kappa shape index (κ2) is 5.07. The quantitative estimate of drug-likeness (QED) is 0.853. The summed E-state index contributed by atoms with van der Waals surface area (Å²) >= 11 is 6.33. The topological polar surface area (TPSA) is 15.3 Å². The molecule has 1 heterocycles. The van der Waals surface area contributed by atoms with E-state index in [1.54, 1.807) is 0 Å². The highest BCUT2D eigenvalue weighted by Crippen LogP contribution is 2.27. The number of nitrogens with zero attached hydrogens (tertiary/aromatic N) is 1. The van der Waals surface area contributed by atoms with Crippen molar-refractivity contribution in [1.82, 2.24) is 5.32 Å². The standard InChI is InChI=1S/C13H19ClN2/c1-3-11-4-5-13(12(14)8-11)16-7-6-15-10(2)9-16/h4-5,8,10,15H,3,6-7,9H2,1-2H3/t10-/m0/s1. The number of rotatable bonds is 2. The lowest BCUT2D eigenvalue weighted by atomic mass is 10.1. The van der Waals surface area contributed by atoms with Crippen LogP contribution in [-0.2, 0) is 6.42 Å². The zero-order valence-electron chi connectivity index (χ0n) is 9.96. The lowest BCUT2D eigenvalue weighted by Gasteiger charge is -2.34. The maximum Gasteiger partial charge on any atom is 0.0642 e. The average molecular weight is 239 g/mol. The average Bonchev–Trinajstić information content (AvgIpc) is 2.28. The SMILES string of the molecule is CCc1ccc(N2CCN[C@@H](C)C2)c(Cl)c1. The molecule has 2 nitrogen and oxygen atoms in total. The Hall–Kier alpha value is -0.730. The number of anilines is 1. The van der Waals surface area contributed by atoms with Crippen LogP contribution in [-0.4, -0.2) is 25.7 Å². The summed E-state index contributed by atoms with van der Waals surface area (Å²) in [5, 5.41) is 4.32. The molecule has 0 saturated carbocycles. The molecule has 88 valence electrons. The van der Waals surface area contributed by atoms with Crippen molar-refractivity contribution in [3.8, 4) is 0 Å². The Balaban J connectivity index is 2.19. The van der Waals surface area contributed by atoms with Crippen LogP contribution in [0.1, 0.15) is 19.4 Å². The number of piperazine rings is 1. The molecule has 1 fully saturated rings. The Morgan fingerprint density at radius 1 is 1.50 bits per heavy atom. The van der Waals surface area contributed by atoms with E-state index < -0.39 is 0 Å². The summed E-state index contributed by atoms with van der Waals surface area (Å²) in [4.78, 5) is 2.36. The van der Waals surface area contributed by atoms with E-state index in [9.17, 15) is 0 Å². The van der Waals surface area contributed by atoms with Gasteiger partial charge in [-0.2, -0.15) is 0 Å². The van der Waals surface area contributed by atoms with Gasteiger partial charge in [-0.1, -0.05) is 24.6 Å². The van der Waals surface area contributed by atoms with Gasteiger partial charge in [0, 0.05) is 25.7 Å². The van der Waals surface area contributed by atoms with Gasteiger partial charge >= 0.3 is 0 Å². The zero-order chi connectivity index (χ0) is 11.5. The molecule has 0 unspecified atom stereocenters. The third-order valence-corrected chi connectivity index (χ3v) is 3.43. The fourth-order valence-corrected chi connectivity index (χ4v) is 2.50. The van der Waals surface area contributed by atoms with Crippen molar-refractivity contribution >= 4 is 17.3 Å². The lowest BCUT2D eigenvalue weighted by molar-refractivity contribution is 0.485. The molecule has 16 heavy (non-hydrogen) atoms. The predicted octanol–water partition coefficient (Wildman–Crippen LogP) is 2.70. The van der Waals surface area contributed by atoms with Crippen LogP contribution in [0, 0.1) is 0 Å². The number of aryl methyl sites for hydroxylation is 1. The largest absolute Gasteiger partial charge is 0.368 e. The Kier molecular flexibility index (Phi) is 3.72. The number of hydrogen-bond donors (Lipinski definition) is 1. The Labute approximate surface area is 103 Å². The van der Waals surface area contributed by atoms with E-state index in [4.69, 9.17) is 11.6 Å². The van der Waals surface area contributed by atoms with E-state index in [0.29, 0.717) is 6.04 Å². The smallest absolute Gasteiger partial charge is 0.0642 e. The number of halogens is 1. The van der Waals surface area contributed by atoms with Crippen molar-refractivity contribution in [3.63, 3.8) is 0 Å². The van der Waals surface area contributed by atoms with Crippen molar-refractivity contribution in [2.24, 2.45) is 0 Å². The molecule has 0 aromatic heterocycles. The molecule has 1 saturated heterocycles. The summed E-state index contributed by atoms with van der Waals surface area (Å²) in [6.07, 6.45) is 1.04. The van der Waals surface area contributed by atoms with E-state index in [0.717, 1.165) is 31.1 Å². The highest BCUT2D eigenvalue weighted by molar-refractivity contribution is 6.33. The molecule has 1 N–H and O–H groups in total. The van der Waals surface area contributed by atoms with Crippen LogP contribution >= 0.6 is 11.6 Å². The van der Waals surface area contributed by atoms with Gasteiger partial charge in [0.25, 0.3) is 0 Å². The van der Waals surface area contributed by atoms with Crippen LogP contribution in [0.4, 0.5) is 5.69 Å². The Morgan fingerprint density at radius 2 is 2.31 bits per heavy atom. The van der Waals surface area contributed by atoms with Crippen molar-refractivity contribution in [2.45, 2.75) is 26.3 Å². The molecular formula is C13H19ClN2. The second-order valence-electron chi connectivity index (χ2n) is 4.44. The molecule has 3 heteroatoms. The van der Waals surface area contributed by atoms with Gasteiger partial charge < -0.3 is 10.2 Å². The minimum absolute atomic E-state index is 0.538. The van der Waals surface area contributed by atoms with Crippen LogP contribution in [0.15, 0.2) is 18.2 Å². The highest BCUT2D eigenvalue weighted by atomic mass is 35.5. The fraction of sp³-hybridized carbons (Fsp3) is 0.538. The first kappa shape index (κ1) is 11.7. The second-order valence-corrected chi connectivity index (χ2v) is 4.85. The minimum Gasteiger partial charge on any atom is -0.368 e. The van der Waals surface area contributed by atoms with Crippen molar-refractivity contribution in [1.29, 1.82) is 0 Å². The summed E-state index contributed by atoms with van der Waals surface area (Å²) in [6.45, 7) is 7.46. The van der Waals surface area contributed by atoms with Crippen LogP contribution in [0.25, 0.3) is 0 Å². The maximum atomic E-state index is 6.33. The third kappa shape index (κ3) is 2.50. The molecular weight excluding hydrogens is 220 g/mol. The van der Waals surface area contributed by atoms with Crippen LogP contribution in [0.3, 0.4) is 0 Å². The van der Waals surface area contributed by atoms with E-state index in [1.807, 2.05) is 0 Å². The molecule has 0 spiro atoms. The predicted molar refractivity (Wildman–Crippen MR) is 70.5 cm³/mol. The first-order chi connectivity index (χ1) is 7.70. The summed E-state index contributed by atoms with van der Waals surface area (Å²) in [7, 11) is 0. The first-order valence-corrected chi connectivity index (χ1v) is 6.35. The van der Waals surface area contributed by atoms with Crippen molar-refractivity contribution < 1.29 is 0 Å². The Bertz CT molecular complexity index is 365. The van der Waals surface area contributed by atoms with Crippen LogP contribution in [0.2, 0.25) is 5.02 Å². The van der Waals surface area contributed by atoms with E-state index in [2.05, 4.69) is 42.3 Å². The summed E-state index contributed by atoms with van der Waals surface area (Å²) in [6, 6.07) is 6.95. The van der Waals surface area contributed by atoms with E-state index in [1.165, 1.54) is 11.3 Å². The molecule has 1 atom stereocenters. The fourth-order valence-electron chi connectivity index (χ4n) is 2.18. The first-order valence-electron chi connectivity index (χ1n) is 5.97. The normalized spacial score (nSPS) is 21.2. The van der Waals surface area contributed by atoms with Gasteiger partial charge in [0.15, 0.2) is 0 Å². The highest BCUT2D eigenvalue weighted by Gasteiger charge is 2.17. The third-order valence-electron chi connectivity index (χ3n) is 3.13. The van der Waals surface area contributed by atoms with Gasteiger partial charge in [0.05, 0.1) is 10.7 Å². The van der Waals surface area contributed by atoms with Gasteiger partial charge in [-0.3, -0.25) is 0 Å². The van der Waals surface area contributed by atoms with Crippen LogP contribution < -0.4 is 10.2 Å². The Morgan fingerprint density at radius 3 is 2.94 bits per heavy atom. The van der Waals surface area contributed by atoms with E-state index >= 15 is 0 Å². The van der Waals surface area contributed by atoms with Gasteiger partial charge in [-0.25, -0.2) is 0 Å². The van der Waals surface area contributed by atoms with Gasteiger partial charge in [-0.05, 0) is 31.0 Å². The van der Waals surface area contributed by atoms with Crippen molar-refractivity contribution in [3.05, 3.63) is 28.8 Å². The molecule has 0 amide bonds. The molecule has 1 aliphatic rings. The van der Waals surface area contributed by atoms with Gasteiger partial charge in [0.1, 0.15) is 0 Å². The molecule has 0 aliphatic carbocycles. The van der Waals surface area contributed by atoms with E-state index in [-0.39, 0.29) is 0 Å². The molecule has 1 aromatic rings. The molecule has 0 bridgehead atoms. The zero-order valence-corrected chi connectivity index (χ0v) is 10.7. The minimum atomic E-state index is 0.538. The van der Waals surface area contributed by atoms with Gasteiger partial charge in [0.2, 0.25) is 0 Å². The monoisotopic (exact) mass is 238 g/mol. The molecule has 1 aromatic carbocycles. The van der Waals surface area contributed by atoms with Crippen LogP contribution in [0.5, 0.6) is 0 Å². The molecule has 1 aliphatic heterocycles. The summed E-state index contributed by atoms with van der Waals surface area (Å²) in [5.41, 5.74) is 2.48. The number of hydrogen-bond acceptors (Lipinski definition) is 2. The number of nitrogens with one attached hydrogen (secondary N) is 1. The van der Waals surface area contributed by atoms with Gasteiger partial charge in [-0.15, -0.1) is 0 Å². The molecule has 2 rings (SSSR count). The van der Waals surface area contributed by atoms with Crippen molar-refractivity contribution in [2.75, 3.05) is 24.5 Å². The summed E-state index contributed by atoms with van der Waals surface area (Å²) < 4.78 is 0. The maximum absolute atomic E-state index is 6.33. The summed E-state index contributed by atoms with van der Waals surface area (Å²) in [5.74, 6) is 0.